The molecule has 25 heavy (non-hydrogen) atoms. The van der Waals surface area contributed by atoms with Crippen molar-refractivity contribution in [3.63, 3.8) is 0 Å². The van der Waals surface area contributed by atoms with Gasteiger partial charge < -0.3 is 9.73 Å². The van der Waals surface area contributed by atoms with Crippen LogP contribution in [0.25, 0.3) is 10.8 Å². The minimum Gasteiger partial charge on any atom is -0.463 e. The second kappa shape index (κ2) is 6.94. The third-order valence-corrected chi connectivity index (χ3v) is 5.01. The number of hydrogen-bond acceptors (Lipinski definition) is 5. The Hall–Kier alpha value is -2.86. The molecule has 2 heterocycles. The van der Waals surface area contributed by atoms with Crippen LogP contribution in [0.1, 0.15) is 11.3 Å². The maximum Gasteiger partial charge on any atom is 0.239 e. The van der Waals surface area contributed by atoms with Crippen LogP contribution in [0, 0.1) is 0 Å². The highest BCUT2D eigenvalue weighted by molar-refractivity contribution is 8.15. The van der Waals surface area contributed by atoms with E-state index in [0.29, 0.717) is 17.3 Å². The Kier molecular flexibility index (Phi) is 4.35. The molecule has 5 nitrogen and oxygen atoms in total. The molecule has 0 spiro atoms. The number of amidine groups is 1. The molecular formula is C19H15N3O2S. The van der Waals surface area contributed by atoms with Crippen LogP contribution in [0.2, 0.25) is 0 Å². The Morgan fingerprint density at radius 1 is 1.12 bits per heavy atom. The van der Waals surface area contributed by atoms with Crippen LogP contribution in [-0.4, -0.2) is 22.5 Å². The van der Waals surface area contributed by atoms with Crippen LogP contribution >= 0.6 is 11.8 Å². The molecule has 6 heteroatoms. The van der Waals surface area contributed by atoms with Crippen molar-refractivity contribution in [3.05, 3.63) is 72.2 Å². The molecule has 0 radical (unpaired) electrons. The second-order valence-electron chi connectivity index (χ2n) is 5.60. The summed E-state index contributed by atoms with van der Waals surface area (Å²) in [5.74, 6) is 0.580. The van der Waals surface area contributed by atoms with Crippen molar-refractivity contribution in [2.45, 2.75) is 11.7 Å². The Labute approximate surface area is 148 Å². The number of rotatable bonds is 4. The van der Waals surface area contributed by atoms with Crippen LogP contribution in [0.3, 0.4) is 0 Å². The van der Waals surface area contributed by atoms with E-state index in [-0.39, 0.29) is 11.2 Å². The van der Waals surface area contributed by atoms with Crippen LogP contribution in [0.15, 0.2) is 75.5 Å². The number of hydrogen-bond donors (Lipinski definition) is 1. The molecule has 1 N–H and O–H groups in total. The number of amides is 1. The predicted octanol–water partition coefficient (Wildman–Crippen LogP) is 3.60. The fourth-order valence-electron chi connectivity index (χ4n) is 2.76. The number of carbonyl (C=O) groups is 1. The molecule has 0 saturated carbocycles. The molecule has 1 fully saturated rings. The first-order valence-corrected chi connectivity index (χ1v) is 8.76. The quantitative estimate of drug-likeness (QED) is 0.578. The summed E-state index contributed by atoms with van der Waals surface area (Å²) in [5, 5.41) is 13.5. The van der Waals surface area contributed by atoms with E-state index in [1.54, 1.807) is 18.4 Å². The number of nitrogens with zero attached hydrogens (tertiary/aromatic N) is 2. The van der Waals surface area contributed by atoms with Gasteiger partial charge in [0.2, 0.25) is 5.91 Å². The van der Waals surface area contributed by atoms with Gasteiger partial charge in [-0.3, -0.25) is 4.79 Å². The van der Waals surface area contributed by atoms with Crippen LogP contribution in [-0.2, 0) is 11.2 Å². The summed E-state index contributed by atoms with van der Waals surface area (Å²) < 4.78 is 5.15. The topological polar surface area (TPSA) is 67.0 Å². The number of benzene rings is 2. The summed E-state index contributed by atoms with van der Waals surface area (Å²) >= 11 is 1.40. The standard InChI is InChI=1S/C19H15N3O2S/c23-18-17(11-14-7-3-6-13-5-1-2-9-16(13)14)25-19(21-18)22-20-12-15-8-4-10-24-15/h1-10,12,17H,11H2,(H,21,22,23)/b20-12-/t17-/m1/s1. The van der Waals surface area contributed by atoms with Gasteiger partial charge in [0, 0.05) is 0 Å². The van der Waals surface area contributed by atoms with Crippen molar-refractivity contribution in [1.82, 2.24) is 5.32 Å². The van der Waals surface area contributed by atoms with Crippen molar-refractivity contribution >= 4 is 39.8 Å². The molecule has 1 amide bonds. The summed E-state index contributed by atoms with van der Waals surface area (Å²) in [4.78, 5) is 12.2. The van der Waals surface area contributed by atoms with E-state index in [9.17, 15) is 4.79 Å². The van der Waals surface area contributed by atoms with Gasteiger partial charge in [-0.2, -0.15) is 5.10 Å². The van der Waals surface area contributed by atoms with E-state index in [1.807, 2.05) is 18.2 Å². The van der Waals surface area contributed by atoms with E-state index in [2.05, 4.69) is 39.8 Å². The zero-order valence-corrected chi connectivity index (χ0v) is 14.1. The van der Waals surface area contributed by atoms with Gasteiger partial charge in [-0.1, -0.05) is 54.2 Å². The molecule has 3 aromatic rings. The lowest BCUT2D eigenvalue weighted by atomic mass is 10.0. The summed E-state index contributed by atoms with van der Waals surface area (Å²) in [5.41, 5.74) is 1.16. The highest BCUT2D eigenvalue weighted by atomic mass is 32.2. The number of fused-ring (bicyclic) bond motifs is 1. The maximum atomic E-state index is 12.2. The molecule has 1 saturated heterocycles. The second-order valence-corrected chi connectivity index (χ2v) is 6.79. The molecule has 1 atom stereocenters. The van der Waals surface area contributed by atoms with E-state index in [0.717, 1.165) is 5.56 Å². The number of furan rings is 1. The normalized spacial score (nSPS) is 19.1. The largest absolute Gasteiger partial charge is 0.463 e. The highest BCUT2D eigenvalue weighted by Crippen LogP contribution is 2.27. The average Bonchev–Trinajstić information content (AvgIpc) is 3.26. The summed E-state index contributed by atoms with van der Waals surface area (Å²) in [7, 11) is 0. The fourth-order valence-corrected chi connectivity index (χ4v) is 3.71. The maximum absolute atomic E-state index is 12.2. The summed E-state index contributed by atoms with van der Waals surface area (Å²) in [6.45, 7) is 0. The zero-order valence-electron chi connectivity index (χ0n) is 13.3. The number of nitrogens with one attached hydrogen (secondary N) is 1. The monoisotopic (exact) mass is 349 g/mol. The van der Waals surface area contributed by atoms with Gasteiger partial charge in [-0.25, -0.2) is 0 Å². The first kappa shape index (κ1) is 15.7. The first-order chi connectivity index (χ1) is 12.3. The molecule has 124 valence electrons. The number of thioether (sulfide) groups is 1. The van der Waals surface area contributed by atoms with Crippen molar-refractivity contribution in [1.29, 1.82) is 0 Å². The van der Waals surface area contributed by atoms with Crippen molar-refractivity contribution < 1.29 is 9.21 Å². The van der Waals surface area contributed by atoms with Gasteiger partial charge in [0.05, 0.1) is 17.7 Å². The summed E-state index contributed by atoms with van der Waals surface area (Å²) in [6, 6.07) is 17.9. The highest BCUT2D eigenvalue weighted by Gasteiger charge is 2.30. The SMILES string of the molecule is O=C1N/C(=N/N=C\c2ccco2)S[C@@H]1Cc1cccc2ccccc12. The van der Waals surface area contributed by atoms with Gasteiger partial charge in [0.15, 0.2) is 5.17 Å². The minimum atomic E-state index is -0.205. The Morgan fingerprint density at radius 3 is 2.88 bits per heavy atom. The first-order valence-electron chi connectivity index (χ1n) is 7.88. The fraction of sp³-hybridized carbons (Fsp3) is 0.105. The zero-order chi connectivity index (χ0) is 17.1. The van der Waals surface area contributed by atoms with E-state index < -0.39 is 0 Å². The molecule has 0 aliphatic carbocycles. The minimum absolute atomic E-state index is 0.0371. The molecule has 0 unspecified atom stereocenters. The Morgan fingerprint density at radius 2 is 2.00 bits per heavy atom. The molecule has 4 rings (SSSR count). The molecule has 0 bridgehead atoms. The van der Waals surface area contributed by atoms with Gasteiger partial charge in [-0.15, -0.1) is 5.10 Å². The lowest BCUT2D eigenvalue weighted by Gasteiger charge is -2.09. The van der Waals surface area contributed by atoms with E-state index in [1.165, 1.54) is 28.7 Å². The van der Waals surface area contributed by atoms with Gasteiger partial charge >= 0.3 is 0 Å². The van der Waals surface area contributed by atoms with Crippen LogP contribution < -0.4 is 5.32 Å². The lowest BCUT2D eigenvalue weighted by molar-refractivity contribution is -0.118. The molecule has 1 aromatic heterocycles. The third kappa shape index (κ3) is 3.49. The van der Waals surface area contributed by atoms with Crippen molar-refractivity contribution in [2.75, 3.05) is 0 Å². The Bertz CT molecular complexity index is 958. The average molecular weight is 349 g/mol. The third-order valence-electron chi connectivity index (χ3n) is 3.94. The molecule has 1 aliphatic heterocycles. The molecular weight excluding hydrogens is 334 g/mol. The van der Waals surface area contributed by atoms with Crippen molar-refractivity contribution in [3.8, 4) is 0 Å². The molecule has 2 aromatic carbocycles. The van der Waals surface area contributed by atoms with Crippen molar-refractivity contribution in [2.24, 2.45) is 10.2 Å². The van der Waals surface area contributed by atoms with E-state index >= 15 is 0 Å². The van der Waals surface area contributed by atoms with Gasteiger partial charge in [0.25, 0.3) is 0 Å². The molecule has 1 aliphatic rings. The van der Waals surface area contributed by atoms with Crippen LogP contribution in [0.4, 0.5) is 0 Å². The number of carbonyl (C=O) groups excluding carboxylic acids is 1. The van der Waals surface area contributed by atoms with Crippen LogP contribution in [0.5, 0.6) is 0 Å². The van der Waals surface area contributed by atoms with E-state index in [4.69, 9.17) is 4.42 Å². The van der Waals surface area contributed by atoms with Gasteiger partial charge in [0.1, 0.15) is 5.76 Å². The van der Waals surface area contributed by atoms with Gasteiger partial charge in [-0.05, 0) is 34.9 Å². The smallest absolute Gasteiger partial charge is 0.239 e. The Balaban J connectivity index is 1.49. The lowest BCUT2D eigenvalue weighted by Crippen LogP contribution is -2.26. The summed E-state index contributed by atoms with van der Waals surface area (Å²) in [6.07, 6.45) is 3.73. The predicted molar refractivity (Wildman–Crippen MR) is 101 cm³/mol.